The van der Waals surface area contributed by atoms with Crippen LogP contribution in [0, 0.1) is 0 Å². The number of hydrogen-bond acceptors (Lipinski definition) is 6. The molecular weight excluding hydrogens is 294 g/mol. The summed E-state index contributed by atoms with van der Waals surface area (Å²) in [5.41, 5.74) is 0. The van der Waals surface area contributed by atoms with Gasteiger partial charge in [0.25, 0.3) is 0 Å². The van der Waals surface area contributed by atoms with Gasteiger partial charge in [0, 0.05) is 6.42 Å². The zero-order valence-electron chi connectivity index (χ0n) is 11.6. The summed E-state index contributed by atoms with van der Waals surface area (Å²) in [4.78, 5) is 27.5. The molecule has 7 nitrogen and oxygen atoms in total. The number of aryl methyl sites for hydroxylation is 1. The molecule has 2 aromatic heterocycles. The number of urea groups is 1. The Balaban J connectivity index is 1.84. The molecule has 112 valence electrons. The number of oxazole rings is 1. The lowest BCUT2D eigenvalue weighted by atomic mass is 10.4. The normalized spacial score (nSPS) is 10.2. The minimum atomic E-state index is -0.430. The van der Waals surface area contributed by atoms with Crippen molar-refractivity contribution in [2.24, 2.45) is 0 Å². The number of esters is 1. The number of nitrogens with zero attached hydrogens (tertiary/aromatic N) is 1. The van der Waals surface area contributed by atoms with E-state index in [0.29, 0.717) is 15.8 Å². The van der Waals surface area contributed by atoms with Gasteiger partial charge in [-0.25, -0.2) is 14.6 Å². The number of carbonyl (C=O) groups is 2. The monoisotopic (exact) mass is 309 g/mol. The highest BCUT2D eigenvalue weighted by atomic mass is 32.1. The third kappa shape index (κ3) is 4.06. The van der Waals surface area contributed by atoms with Crippen molar-refractivity contribution in [2.45, 2.75) is 19.9 Å². The molecule has 0 radical (unpaired) electrons. The number of amides is 2. The van der Waals surface area contributed by atoms with Crippen molar-refractivity contribution in [2.75, 3.05) is 12.4 Å². The van der Waals surface area contributed by atoms with Gasteiger partial charge < -0.3 is 14.5 Å². The zero-order chi connectivity index (χ0) is 15.2. The summed E-state index contributed by atoms with van der Waals surface area (Å²) >= 11 is 1.14. The van der Waals surface area contributed by atoms with Gasteiger partial charge in [0.15, 0.2) is 0 Å². The van der Waals surface area contributed by atoms with Crippen LogP contribution in [0.3, 0.4) is 0 Å². The summed E-state index contributed by atoms with van der Waals surface area (Å²) in [5.74, 6) is 0.789. The SMILES string of the molecule is CCc1cnc(CNC(=O)Nc2ccc(C(=O)OC)s2)o1. The molecule has 0 aliphatic heterocycles. The lowest BCUT2D eigenvalue weighted by molar-refractivity contribution is 0.0606. The highest BCUT2D eigenvalue weighted by Crippen LogP contribution is 2.22. The second-order valence-electron chi connectivity index (χ2n) is 4.04. The second-order valence-corrected chi connectivity index (χ2v) is 5.12. The number of ether oxygens (including phenoxy) is 1. The molecule has 2 amide bonds. The highest BCUT2D eigenvalue weighted by molar-refractivity contribution is 7.18. The van der Waals surface area contributed by atoms with Crippen molar-refractivity contribution in [3.63, 3.8) is 0 Å². The van der Waals surface area contributed by atoms with E-state index in [1.165, 1.54) is 7.11 Å². The molecule has 0 fully saturated rings. The zero-order valence-corrected chi connectivity index (χ0v) is 12.5. The molecule has 0 bridgehead atoms. The van der Waals surface area contributed by atoms with E-state index in [4.69, 9.17) is 4.42 Å². The van der Waals surface area contributed by atoms with Crippen molar-refractivity contribution in [3.05, 3.63) is 34.9 Å². The maximum Gasteiger partial charge on any atom is 0.348 e. The van der Waals surface area contributed by atoms with Crippen molar-refractivity contribution >= 4 is 28.3 Å². The van der Waals surface area contributed by atoms with Gasteiger partial charge >= 0.3 is 12.0 Å². The molecule has 2 rings (SSSR count). The number of rotatable bonds is 5. The van der Waals surface area contributed by atoms with Crippen LogP contribution in [-0.2, 0) is 17.7 Å². The first-order valence-electron chi connectivity index (χ1n) is 6.29. The molecule has 0 saturated heterocycles. The third-order valence-electron chi connectivity index (χ3n) is 2.58. The number of anilines is 1. The van der Waals surface area contributed by atoms with Crippen LogP contribution >= 0.6 is 11.3 Å². The Labute approximate surface area is 125 Å². The second kappa shape index (κ2) is 6.89. The van der Waals surface area contributed by atoms with Crippen LogP contribution in [0.15, 0.2) is 22.7 Å². The van der Waals surface area contributed by atoms with Gasteiger partial charge in [0.05, 0.1) is 24.9 Å². The number of nitrogens with one attached hydrogen (secondary N) is 2. The Morgan fingerprint density at radius 1 is 1.43 bits per heavy atom. The van der Waals surface area contributed by atoms with E-state index in [1.54, 1.807) is 18.3 Å². The van der Waals surface area contributed by atoms with Crippen LogP contribution in [0.25, 0.3) is 0 Å². The number of methoxy groups -OCH3 is 1. The van der Waals surface area contributed by atoms with E-state index in [2.05, 4.69) is 20.4 Å². The summed E-state index contributed by atoms with van der Waals surface area (Å²) in [6.07, 6.45) is 2.39. The summed E-state index contributed by atoms with van der Waals surface area (Å²) in [5, 5.41) is 5.80. The van der Waals surface area contributed by atoms with Gasteiger partial charge in [-0.1, -0.05) is 6.92 Å². The smallest absolute Gasteiger partial charge is 0.348 e. The van der Waals surface area contributed by atoms with Crippen LogP contribution < -0.4 is 10.6 Å². The summed E-state index contributed by atoms with van der Waals surface area (Å²) in [6.45, 7) is 2.15. The standard InChI is InChI=1S/C13H15N3O4S/c1-3-8-6-14-10(20-8)7-15-13(18)16-11-5-4-9(21-11)12(17)19-2/h4-6H,3,7H2,1-2H3,(H2,15,16,18). The van der Waals surface area contributed by atoms with Crippen LogP contribution in [0.1, 0.15) is 28.2 Å². The van der Waals surface area contributed by atoms with Gasteiger partial charge in [-0.15, -0.1) is 11.3 Å². The number of thiophene rings is 1. The lowest BCUT2D eigenvalue weighted by Crippen LogP contribution is -2.27. The fraction of sp³-hybridized carbons (Fsp3) is 0.308. The predicted octanol–water partition coefficient (Wildman–Crippen LogP) is 2.41. The average molecular weight is 309 g/mol. The Morgan fingerprint density at radius 2 is 2.24 bits per heavy atom. The molecule has 0 aliphatic carbocycles. The summed E-state index contributed by atoms with van der Waals surface area (Å²) < 4.78 is 9.97. The van der Waals surface area contributed by atoms with Crippen LogP contribution in [0.5, 0.6) is 0 Å². The van der Waals surface area contributed by atoms with Gasteiger partial charge in [0.2, 0.25) is 5.89 Å². The van der Waals surface area contributed by atoms with E-state index in [9.17, 15) is 9.59 Å². The van der Waals surface area contributed by atoms with Gasteiger partial charge in [0.1, 0.15) is 10.6 Å². The molecule has 0 aromatic carbocycles. The number of aromatic nitrogens is 1. The van der Waals surface area contributed by atoms with Crippen molar-refractivity contribution in [1.82, 2.24) is 10.3 Å². The first kappa shape index (κ1) is 15.0. The Morgan fingerprint density at radius 3 is 2.90 bits per heavy atom. The molecule has 2 aromatic rings. The third-order valence-corrected chi connectivity index (χ3v) is 3.56. The summed E-state index contributed by atoms with van der Waals surface area (Å²) in [6, 6.07) is 2.83. The minimum absolute atomic E-state index is 0.196. The Kier molecular flexibility index (Phi) is 4.94. The molecular formula is C13H15N3O4S. The maximum absolute atomic E-state index is 11.7. The van der Waals surface area contributed by atoms with E-state index < -0.39 is 12.0 Å². The van der Waals surface area contributed by atoms with Gasteiger partial charge in [-0.3, -0.25) is 5.32 Å². The molecule has 0 aliphatic rings. The molecule has 2 heterocycles. The first-order chi connectivity index (χ1) is 10.1. The maximum atomic E-state index is 11.7. The number of carbonyl (C=O) groups excluding carboxylic acids is 2. The highest BCUT2D eigenvalue weighted by Gasteiger charge is 2.11. The first-order valence-corrected chi connectivity index (χ1v) is 7.10. The average Bonchev–Trinajstić information content (AvgIpc) is 3.13. The minimum Gasteiger partial charge on any atom is -0.465 e. The topological polar surface area (TPSA) is 93.5 Å². The summed E-state index contributed by atoms with van der Waals surface area (Å²) in [7, 11) is 1.31. The molecule has 0 unspecified atom stereocenters. The molecule has 0 spiro atoms. The van der Waals surface area contributed by atoms with Gasteiger partial charge in [-0.05, 0) is 12.1 Å². The molecule has 0 saturated carbocycles. The Bertz CT molecular complexity index is 635. The van der Waals surface area contributed by atoms with E-state index in [-0.39, 0.29) is 6.54 Å². The quantitative estimate of drug-likeness (QED) is 0.827. The molecule has 2 N–H and O–H groups in total. The molecule has 0 atom stereocenters. The van der Waals surface area contributed by atoms with E-state index >= 15 is 0 Å². The van der Waals surface area contributed by atoms with Crippen LogP contribution in [0.4, 0.5) is 9.80 Å². The Hall–Kier alpha value is -2.35. The van der Waals surface area contributed by atoms with Crippen LogP contribution in [-0.4, -0.2) is 24.1 Å². The van der Waals surface area contributed by atoms with E-state index in [0.717, 1.165) is 23.5 Å². The van der Waals surface area contributed by atoms with E-state index in [1.807, 2.05) is 6.92 Å². The predicted molar refractivity (Wildman–Crippen MR) is 77.4 cm³/mol. The molecule has 21 heavy (non-hydrogen) atoms. The van der Waals surface area contributed by atoms with Gasteiger partial charge in [-0.2, -0.15) is 0 Å². The largest absolute Gasteiger partial charge is 0.465 e. The van der Waals surface area contributed by atoms with Crippen molar-refractivity contribution in [1.29, 1.82) is 0 Å². The number of hydrogen-bond donors (Lipinski definition) is 2. The fourth-order valence-electron chi connectivity index (χ4n) is 1.52. The van der Waals surface area contributed by atoms with Crippen molar-refractivity contribution in [3.8, 4) is 0 Å². The van der Waals surface area contributed by atoms with Crippen molar-refractivity contribution < 1.29 is 18.7 Å². The fourth-order valence-corrected chi connectivity index (χ4v) is 2.34. The molecule has 8 heteroatoms. The van der Waals surface area contributed by atoms with Crippen LogP contribution in [0.2, 0.25) is 0 Å². The lowest BCUT2D eigenvalue weighted by Gasteiger charge is -2.03.